The molecule has 1 aromatic heterocycles. The van der Waals surface area contributed by atoms with Crippen molar-refractivity contribution < 1.29 is 9.90 Å². The lowest BCUT2D eigenvalue weighted by atomic mass is 10.2. The molecule has 0 radical (unpaired) electrons. The van der Waals surface area contributed by atoms with E-state index in [2.05, 4.69) is 15.2 Å². The van der Waals surface area contributed by atoms with Crippen LogP contribution in [0.2, 0.25) is 0 Å². The monoisotopic (exact) mass is 258 g/mol. The van der Waals surface area contributed by atoms with E-state index >= 15 is 0 Å². The molecule has 2 aromatic rings. The summed E-state index contributed by atoms with van der Waals surface area (Å²) in [5.74, 6) is 0.316. The van der Waals surface area contributed by atoms with E-state index in [9.17, 15) is 9.90 Å². The number of nitrogens with one attached hydrogen (secondary N) is 1. The summed E-state index contributed by atoms with van der Waals surface area (Å²) in [6.07, 6.45) is 3.35. The van der Waals surface area contributed by atoms with Gasteiger partial charge in [-0.1, -0.05) is 12.1 Å². The maximum atomic E-state index is 12.3. The second-order valence-electron chi connectivity index (χ2n) is 4.67. The molecular formula is C13H14N4O2. The van der Waals surface area contributed by atoms with Crippen LogP contribution in [0.3, 0.4) is 0 Å². The summed E-state index contributed by atoms with van der Waals surface area (Å²) >= 11 is 0. The first-order valence-corrected chi connectivity index (χ1v) is 6.18. The lowest BCUT2D eigenvalue weighted by Gasteiger charge is -2.21. The molecular weight excluding hydrogens is 244 g/mol. The summed E-state index contributed by atoms with van der Waals surface area (Å²) < 4.78 is 0. The average Bonchev–Trinajstić information content (AvgIpc) is 3.09. The van der Waals surface area contributed by atoms with Gasteiger partial charge in [0.25, 0.3) is 5.91 Å². The minimum absolute atomic E-state index is 0.150. The molecule has 2 N–H and O–H groups in total. The van der Waals surface area contributed by atoms with Gasteiger partial charge in [-0.3, -0.25) is 9.89 Å². The van der Waals surface area contributed by atoms with E-state index in [0.29, 0.717) is 6.54 Å². The number of aromatic amines is 1. The number of nitrogens with zero attached hydrogens (tertiary/aromatic N) is 3. The molecule has 6 nitrogen and oxygen atoms in total. The van der Waals surface area contributed by atoms with Gasteiger partial charge in [-0.05, 0) is 30.5 Å². The first kappa shape index (κ1) is 11.7. The highest BCUT2D eigenvalue weighted by atomic mass is 16.3. The van der Waals surface area contributed by atoms with Crippen LogP contribution in [0.5, 0.6) is 5.75 Å². The van der Waals surface area contributed by atoms with Crippen LogP contribution in [0, 0.1) is 0 Å². The topological polar surface area (TPSA) is 82.1 Å². The molecule has 19 heavy (non-hydrogen) atoms. The van der Waals surface area contributed by atoms with E-state index in [1.54, 1.807) is 23.1 Å². The zero-order chi connectivity index (χ0) is 13.2. The molecule has 0 bridgehead atoms. The second kappa shape index (κ2) is 4.72. The summed E-state index contributed by atoms with van der Waals surface area (Å²) in [7, 11) is 0. The van der Waals surface area contributed by atoms with Gasteiger partial charge in [-0.2, -0.15) is 5.10 Å². The van der Waals surface area contributed by atoms with Gasteiger partial charge in [0.15, 0.2) is 0 Å². The molecule has 98 valence electrons. The zero-order valence-electron chi connectivity index (χ0n) is 10.3. The molecule has 6 heteroatoms. The fourth-order valence-electron chi connectivity index (χ4n) is 2.05. The van der Waals surface area contributed by atoms with E-state index in [-0.39, 0.29) is 23.5 Å². The van der Waals surface area contributed by atoms with Gasteiger partial charge in [0.1, 0.15) is 12.1 Å². The highest BCUT2D eigenvalue weighted by molar-refractivity contribution is 5.90. The molecule has 1 amide bonds. The van der Waals surface area contributed by atoms with Crippen LogP contribution in [-0.2, 0) is 6.54 Å². The third-order valence-corrected chi connectivity index (χ3v) is 3.13. The molecule has 1 aliphatic rings. The Bertz CT molecular complexity index is 578. The standard InChI is InChI=1S/C13H14N4O2/c18-11-3-1-2-9(6-11)7-17(10-4-5-10)13(19)12-14-8-15-16-12/h1-3,6,8,10,18H,4-5,7H2,(H,14,15,16). The Morgan fingerprint density at radius 1 is 1.47 bits per heavy atom. The lowest BCUT2D eigenvalue weighted by Crippen LogP contribution is -2.33. The van der Waals surface area contributed by atoms with Crippen molar-refractivity contribution >= 4 is 5.91 Å². The largest absolute Gasteiger partial charge is 0.508 e. The number of amides is 1. The van der Waals surface area contributed by atoms with Crippen molar-refractivity contribution in [2.45, 2.75) is 25.4 Å². The predicted octanol–water partition coefficient (Wildman–Crippen LogP) is 1.32. The Kier molecular flexibility index (Phi) is 2.91. The van der Waals surface area contributed by atoms with E-state index in [4.69, 9.17) is 0 Å². The highest BCUT2D eigenvalue weighted by Crippen LogP contribution is 2.29. The third-order valence-electron chi connectivity index (χ3n) is 3.13. The second-order valence-corrected chi connectivity index (χ2v) is 4.67. The summed E-state index contributed by atoms with van der Waals surface area (Å²) in [6, 6.07) is 7.21. The van der Waals surface area contributed by atoms with Crippen LogP contribution in [0.15, 0.2) is 30.6 Å². The molecule has 1 saturated carbocycles. The Balaban J connectivity index is 1.80. The van der Waals surface area contributed by atoms with Crippen LogP contribution in [0.25, 0.3) is 0 Å². The molecule has 0 saturated heterocycles. The van der Waals surface area contributed by atoms with Gasteiger partial charge >= 0.3 is 0 Å². The quantitative estimate of drug-likeness (QED) is 0.866. The number of H-pyrrole nitrogens is 1. The van der Waals surface area contributed by atoms with Crippen molar-refractivity contribution in [1.82, 2.24) is 20.1 Å². The number of phenolic OH excluding ortho intramolecular Hbond substituents is 1. The first-order chi connectivity index (χ1) is 9.24. The van der Waals surface area contributed by atoms with Crippen LogP contribution in [0.1, 0.15) is 29.0 Å². The number of aromatic hydroxyl groups is 1. The first-order valence-electron chi connectivity index (χ1n) is 6.18. The zero-order valence-corrected chi connectivity index (χ0v) is 10.3. The van der Waals surface area contributed by atoms with Gasteiger partial charge in [0.05, 0.1) is 0 Å². The van der Waals surface area contributed by atoms with Crippen molar-refractivity contribution in [3.05, 3.63) is 42.0 Å². The highest BCUT2D eigenvalue weighted by Gasteiger charge is 2.34. The van der Waals surface area contributed by atoms with Crippen molar-refractivity contribution in [2.75, 3.05) is 0 Å². The fourth-order valence-corrected chi connectivity index (χ4v) is 2.05. The van der Waals surface area contributed by atoms with Crippen molar-refractivity contribution in [1.29, 1.82) is 0 Å². The lowest BCUT2D eigenvalue weighted by molar-refractivity contribution is 0.0717. The number of hydrogen-bond donors (Lipinski definition) is 2. The number of phenols is 1. The van der Waals surface area contributed by atoms with E-state index in [0.717, 1.165) is 18.4 Å². The Morgan fingerprint density at radius 3 is 2.95 bits per heavy atom. The number of benzene rings is 1. The number of aromatic nitrogens is 3. The molecule has 1 fully saturated rings. The van der Waals surface area contributed by atoms with Crippen LogP contribution in [0.4, 0.5) is 0 Å². The molecule has 1 heterocycles. The average molecular weight is 258 g/mol. The molecule has 3 rings (SSSR count). The van der Waals surface area contributed by atoms with Gasteiger partial charge in [0, 0.05) is 12.6 Å². The van der Waals surface area contributed by atoms with E-state index in [1.807, 2.05) is 6.07 Å². The number of rotatable bonds is 4. The van der Waals surface area contributed by atoms with E-state index in [1.165, 1.54) is 6.33 Å². The summed E-state index contributed by atoms with van der Waals surface area (Å²) in [6.45, 7) is 0.471. The van der Waals surface area contributed by atoms with Crippen LogP contribution < -0.4 is 0 Å². The molecule has 1 aliphatic carbocycles. The van der Waals surface area contributed by atoms with Gasteiger partial charge in [0.2, 0.25) is 5.82 Å². The number of carbonyl (C=O) groups is 1. The summed E-state index contributed by atoms with van der Waals surface area (Å²) in [5.41, 5.74) is 0.903. The molecule has 1 aromatic carbocycles. The smallest absolute Gasteiger partial charge is 0.291 e. The molecule has 0 atom stereocenters. The Labute approximate surface area is 110 Å². The minimum Gasteiger partial charge on any atom is -0.508 e. The van der Waals surface area contributed by atoms with Gasteiger partial charge in [-0.15, -0.1) is 0 Å². The maximum absolute atomic E-state index is 12.3. The predicted molar refractivity (Wildman–Crippen MR) is 67.4 cm³/mol. The Morgan fingerprint density at radius 2 is 2.32 bits per heavy atom. The van der Waals surface area contributed by atoms with Crippen LogP contribution >= 0.6 is 0 Å². The van der Waals surface area contributed by atoms with Crippen molar-refractivity contribution in [2.24, 2.45) is 0 Å². The van der Waals surface area contributed by atoms with Crippen molar-refractivity contribution in [3.63, 3.8) is 0 Å². The van der Waals surface area contributed by atoms with Crippen LogP contribution in [-0.4, -0.2) is 37.1 Å². The van der Waals surface area contributed by atoms with E-state index < -0.39 is 0 Å². The molecule has 0 aliphatic heterocycles. The normalized spacial score (nSPS) is 14.3. The fraction of sp³-hybridized carbons (Fsp3) is 0.308. The van der Waals surface area contributed by atoms with Gasteiger partial charge < -0.3 is 10.0 Å². The number of hydrogen-bond acceptors (Lipinski definition) is 4. The summed E-state index contributed by atoms with van der Waals surface area (Å²) in [5, 5.41) is 15.8. The van der Waals surface area contributed by atoms with Crippen molar-refractivity contribution in [3.8, 4) is 5.75 Å². The Hall–Kier alpha value is -2.37. The number of carbonyl (C=O) groups excluding carboxylic acids is 1. The maximum Gasteiger partial charge on any atom is 0.291 e. The SMILES string of the molecule is O=C(c1ncn[nH]1)N(Cc1cccc(O)c1)C1CC1. The summed E-state index contributed by atoms with van der Waals surface area (Å²) in [4.78, 5) is 18.0. The van der Waals surface area contributed by atoms with Gasteiger partial charge in [-0.25, -0.2) is 4.98 Å². The molecule has 0 unspecified atom stereocenters. The minimum atomic E-state index is -0.150. The third kappa shape index (κ3) is 2.57. The molecule has 0 spiro atoms.